The smallest absolute Gasteiger partial charge is 0.0950 e. The van der Waals surface area contributed by atoms with Gasteiger partial charge in [0.2, 0.25) is 0 Å². The number of hydrogen-bond acceptors (Lipinski definition) is 1. The fraction of sp³-hybridized carbons (Fsp3) is 0.111. The standard InChI is InChI=1S/C27H24BrN/c28-20-22-11-10-12-23(19-22)21-29-27(24-13-4-1-5-14-24,25-15-6-2-7-16-25)26-17-8-3-9-18-26/h1-19,29H,20-21H2. The van der Waals surface area contributed by atoms with E-state index in [9.17, 15) is 0 Å². The van der Waals surface area contributed by atoms with Gasteiger partial charge in [0.15, 0.2) is 0 Å². The van der Waals surface area contributed by atoms with E-state index in [4.69, 9.17) is 0 Å². The molecule has 0 saturated heterocycles. The van der Waals surface area contributed by atoms with E-state index in [-0.39, 0.29) is 0 Å². The first-order chi connectivity index (χ1) is 14.3. The van der Waals surface area contributed by atoms with Gasteiger partial charge in [0.1, 0.15) is 0 Å². The molecular weight excluding hydrogens is 418 g/mol. The van der Waals surface area contributed by atoms with Crippen molar-refractivity contribution < 1.29 is 0 Å². The molecule has 0 aliphatic rings. The van der Waals surface area contributed by atoms with Gasteiger partial charge in [0.05, 0.1) is 5.54 Å². The van der Waals surface area contributed by atoms with Gasteiger partial charge >= 0.3 is 0 Å². The van der Waals surface area contributed by atoms with Crippen LogP contribution in [0.4, 0.5) is 0 Å². The Morgan fingerprint density at radius 2 is 1.00 bits per heavy atom. The van der Waals surface area contributed by atoms with Crippen LogP contribution in [0.2, 0.25) is 0 Å². The summed E-state index contributed by atoms with van der Waals surface area (Å²) in [5, 5.41) is 4.80. The minimum absolute atomic E-state index is 0.436. The van der Waals surface area contributed by atoms with E-state index in [0.717, 1.165) is 11.9 Å². The highest BCUT2D eigenvalue weighted by molar-refractivity contribution is 9.08. The van der Waals surface area contributed by atoms with Crippen molar-refractivity contribution in [3.63, 3.8) is 0 Å². The summed E-state index contributed by atoms with van der Waals surface area (Å²) in [6, 6.07) is 40.9. The lowest BCUT2D eigenvalue weighted by molar-refractivity contribution is 0.471. The van der Waals surface area contributed by atoms with Gasteiger partial charge in [-0.2, -0.15) is 0 Å². The molecule has 0 aromatic heterocycles. The SMILES string of the molecule is BrCc1cccc(CNC(c2ccccc2)(c2ccccc2)c2ccccc2)c1. The van der Waals surface area contributed by atoms with E-state index in [1.807, 2.05) is 0 Å². The monoisotopic (exact) mass is 441 g/mol. The fourth-order valence-electron chi connectivity index (χ4n) is 3.93. The highest BCUT2D eigenvalue weighted by atomic mass is 79.9. The normalized spacial score (nSPS) is 11.3. The van der Waals surface area contributed by atoms with Crippen LogP contribution in [-0.4, -0.2) is 0 Å². The molecule has 1 nitrogen and oxygen atoms in total. The third kappa shape index (κ3) is 4.19. The Kier molecular flexibility index (Phi) is 6.24. The van der Waals surface area contributed by atoms with Gasteiger partial charge in [-0.1, -0.05) is 131 Å². The summed E-state index contributed by atoms with van der Waals surface area (Å²) in [5.74, 6) is 0. The van der Waals surface area contributed by atoms with Crippen LogP contribution in [0.1, 0.15) is 27.8 Å². The van der Waals surface area contributed by atoms with Crippen LogP contribution in [-0.2, 0) is 17.4 Å². The number of hydrogen-bond donors (Lipinski definition) is 1. The molecule has 0 aliphatic heterocycles. The molecule has 1 N–H and O–H groups in total. The molecule has 0 saturated carbocycles. The Bertz CT molecular complexity index is 933. The Morgan fingerprint density at radius 1 is 0.552 bits per heavy atom. The van der Waals surface area contributed by atoms with Crippen molar-refractivity contribution in [1.29, 1.82) is 0 Å². The van der Waals surface area contributed by atoms with E-state index < -0.39 is 5.54 Å². The molecule has 4 aromatic carbocycles. The molecule has 0 radical (unpaired) electrons. The van der Waals surface area contributed by atoms with E-state index in [0.29, 0.717) is 0 Å². The maximum atomic E-state index is 3.93. The molecule has 29 heavy (non-hydrogen) atoms. The molecule has 0 aliphatic carbocycles. The van der Waals surface area contributed by atoms with Crippen LogP contribution < -0.4 is 5.32 Å². The van der Waals surface area contributed by atoms with Crippen LogP contribution in [0, 0.1) is 0 Å². The summed E-state index contributed by atoms with van der Waals surface area (Å²) in [6.45, 7) is 0.763. The van der Waals surface area contributed by atoms with Gasteiger partial charge in [0, 0.05) is 11.9 Å². The first-order valence-corrected chi connectivity index (χ1v) is 11.0. The van der Waals surface area contributed by atoms with E-state index in [1.165, 1.54) is 27.8 Å². The number of benzene rings is 4. The molecule has 144 valence electrons. The summed E-state index contributed by atoms with van der Waals surface area (Å²) in [7, 11) is 0. The average Bonchev–Trinajstić information content (AvgIpc) is 2.82. The average molecular weight is 442 g/mol. The third-order valence-electron chi connectivity index (χ3n) is 5.32. The summed E-state index contributed by atoms with van der Waals surface area (Å²) in [4.78, 5) is 0. The van der Waals surface area contributed by atoms with Gasteiger partial charge in [-0.3, -0.25) is 5.32 Å². The second kappa shape index (κ2) is 9.21. The zero-order chi connectivity index (χ0) is 19.9. The number of rotatable bonds is 7. The van der Waals surface area contributed by atoms with E-state index in [1.54, 1.807) is 0 Å². The first-order valence-electron chi connectivity index (χ1n) is 9.88. The Labute approximate surface area is 181 Å². The van der Waals surface area contributed by atoms with Crippen molar-refractivity contribution in [3.8, 4) is 0 Å². The van der Waals surface area contributed by atoms with Crippen LogP contribution in [0.3, 0.4) is 0 Å². The zero-order valence-corrected chi connectivity index (χ0v) is 17.8. The lowest BCUT2D eigenvalue weighted by Crippen LogP contribution is -2.44. The Balaban J connectivity index is 1.85. The molecule has 0 spiro atoms. The molecule has 4 rings (SSSR count). The molecular formula is C27H24BrN. The molecule has 0 atom stereocenters. The van der Waals surface area contributed by atoms with Gasteiger partial charge < -0.3 is 0 Å². The molecule has 0 unspecified atom stereocenters. The maximum absolute atomic E-state index is 3.93. The summed E-state index contributed by atoms with van der Waals surface area (Å²) in [6.07, 6.45) is 0. The summed E-state index contributed by atoms with van der Waals surface area (Å²) in [5.41, 5.74) is 5.81. The van der Waals surface area contributed by atoms with Gasteiger partial charge in [0.25, 0.3) is 0 Å². The number of alkyl halides is 1. The predicted octanol–water partition coefficient (Wildman–Crippen LogP) is 6.66. The molecule has 2 heteroatoms. The van der Waals surface area contributed by atoms with E-state index in [2.05, 4.69) is 137 Å². The zero-order valence-electron chi connectivity index (χ0n) is 16.3. The van der Waals surface area contributed by atoms with Crippen LogP contribution in [0.15, 0.2) is 115 Å². The first kappa shape index (κ1) is 19.6. The maximum Gasteiger partial charge on any atom is 0.0950 e. The highest BCUT2D eigenvalue weighted by Gasteiger charge is 2.35. The molecule has 0 amide bonds. The summed E-state index contributed by atoms with van der Waals surface area (Å²) >= 11 is 3.57. The van der Waals surface area contributed by atoms with Gasteiger partial charge in [-0.05, 0) is 27.8 Å². The van der Waals surface area contributed by atoms with Crippen molar-refractivity contribution in [2.45, 2.75) is 17.4 Å². The molecule has 0 fully saturated rings. The largest absolute Gasteiger partial charge is 0.296 e. The minimum atomic E-state index is -0.436. The van der Waals surface area contributed by atoms with Gasteiger partial charge in [-0.15, -0.1) is 0 Å². The van der Waals surface area contributed by atoms with Crippen molar-refractivity contribution in [2.24, 2.45) is 0 Å². The quantitative estimate of drug-likeness (QED) is 0.249. The van der Waals surface area contributed by atoms with Crippen LogP contribution in [0.25, 0.3) is 0 Å². The highest BCUT2D eigenvalue weighted by Crippen LogP contribution is 2.37. The topological polar surface area (TPSA) is 12.0 Å². The van der Waals surface area contributed by atoms with Crippen molar-refractivity contribution >= 4 is 15.9 Å². The molecule has 4 aromatic rings. The van der Waals surface area contributed by atoms with Gasteiger partial charge in [-0.25, -0.2) is 0 Å². The second-order valence-corrected chi connectivity index (χ2v) is 7.72. The second-order valence-electron chi connectivity index (χ2n) is 7.16. The Hall–Kier alpha value is -2.68. The van der Waals surface area contributed by atoms with Crippen LogP contribution in [0.5, 0.6) is 0 Å². The van der Waals surface area contributed by atoms with Crippen LogP contribution >= 0.6 is 15.9 Å². The van der Waals surface area contributed by atoms with Crippen molar-refractivity contribution in [1.82, 2.24) is 5.32 Å². The summed E-state index contributed by atoms with van der Waals surface area (Å²) < 4.78 is 0. The lowest BCUT2D eigenvalue weighted by atomic mass is 9.77. The lowest BCUT2D eigenvalue weighted by Gasteiger charge is -2.37. The molecule has 0 bridgehead atoms. The van der Waals surface area contributed by atoms with E-state index >= 15 is 0 Å². The number of halogens is 1. The van der Waals surface area contributed by atoms with Crippen molar-refractivity contribution in [2.75, 3.05) is 0 Å². The predicted molar refractivity (Wildman–Crippen MR) is 125 cm³/mol. The molecule has 0 heterocycles. The number of nitrogens with one attached hydrogen (secondary N) is 1. The third-order valence-corrected chi connectivity index (χ3v) is 5.97. The Morgan fingerprint density at radius 3 is 1.45 bits per heavy atom. The minimum Gasteiger partial charge on any atom is -0.296 e. The fourth-order valence-corrected chi connectivity index (χ4v) is 4.28. The van der Waals surface area contributed by atoms with Crippen molar-refractivity contribution in [3.05, 3.63) is 143 Å².